The number of piperazine rings is 1. The summed E-state index contributed by atoms with van der Waals surface area (Å²) >= 11 is 1.12. The van der Waals surface area contributed by atoms with Gasteiger partial charge in [-0.1, -0.05) is 12.1 Å². The van der Waals surface area contributed by atoms with Crippen LogP contribution in [0, 0.1) is 11.6 Å². The molecule has 3 heterocycles. The lowest BCUT2D eigenvalue weighted by Crippen LogP contribution is -2.43. The Balaban J connectivity index is 1.61. The number of halogens is 2. The highest BCUT2D eigenvalue weighted by molar-refractivity contribution is 7.91. The normalized spacial score (nSPS) is 15.3. The van der Waals surface area contributed by atoms with Crippen molar-refractivity contribution in [3.05, 3.63) is 53.7 Å². The summed E-state index contributed by atoms with van der Waals surface area (Å²) in [4.78, 5) is 6.56. The molecule has 0 unspecified atom stereocenters. The second kappa shape index (κ2) is 7.70. The molecule has 0 bridgehead atoms. The molecule has 2 aromatic heterocycles. The molecule has 1 aliphatic rings. The molecule has 6 nitrogen and oxygen atoms in total. The summed E-state index contributed by atoms with van der Waals surface area (Å²) in [6, 6.07) is 7.04. The van der Waals surface area contributed by atoms with Crippen molar-refractivity contribution in [1.29, 1.82) is 0 Å². The average Bonchev–Trinajstić information content (AvgIpc) is 3.15. The smallest absolute Gasteiger partial charge is 0.250 e. The first-order valence-electron chi connectivity index (χ1n) is 8.72. The third-order valence-corrected chi connectivity index (χ3v) is 7.54. The Labute approximate surface area is 165 Å². The number of benzene rings is 1. The first-order chi connectivity index (χ1) is 13.5. The van der Waals surface area contributed by atoms with Gasteiger partial charge in [0.05, 0.1) is 0 Å². The zero-order valence-electron chi connectivity index (χ0n) is 14.8. The maximum atomic E-state index is 13.8. The van der Waals surface area contributed by atoms with Crippen LogP contribution in [0.5, 0.6) is 0 Å². The van der Waals surface area contributed by atoms with Crippen LogP contribution in [-0.4, -0.2) is 39.6 Å². The summed E-state index contributed by atoms with van der Waals surface area (Å²) in [6.07, 6.45) is 1.67. The highest BCUT2D eigenvalue weighted by Crippen LogP contribution is 2.34. The topological polar surface area (TPSA) is 74.3 Å². The van der Waals surface area contributed by atoms with E-state index in [1.165, 1.54) is 12.1 Å². The summed E-state index contributed by atoms with van der Waals surface area (Å²) in [5, 5.41) is 4.04. The summed E-state index contributed by atoms with van der Waals surface area (Å²) in [5.41, 5.74) is -0.0483. The Morgan fingerprint density at radius 1 is 1.21 bits per heavy atom. The molecule has 1 saturated heterocycles. The van der Waals surface area contributed by atoms with Crippen molar-refractivity contribution in [1.82, 2.24) is 15.0 Å². The molecule has 148 valence electrons. The van der Waals surface area contributed by atoms with Gasteiger partial charge in [0.25, 0.3) is 0 Å². The summed E-state index contributed by atoms with van der Waals surface area (Å²) in [5.74, 6) is -1.30. The van der Waals surface area contributed by atoms with Gasteiger partial charge in [0.1, 0.15) is 10.0 Å². The average molecular weight is 424 g/mol. The van der Waals surface area contributed by atoms with Crippen LogP contribution in [0.4, 0.5) is 14.6 Å². The number of aromatic nitrogens is 1. The van der Waals surface area contributed by atoms with E-state index in [1.54, 1.807) is 18.3 Å². The van der Waals surface area contributed by atoms with Crippen molar-refractivity contribution in [3.63, 3.8) is 0 Å². The molecule has 28 heavy (non-hydrogen) atoms. The lowest BCUT2D eigenvalue weighted by atomic mass is 10.2. The number of pyridine rings is 1. The third-order valence-electron chi connectivity index (χ3n) is 4.57. The lowest BCUT2D eigenvalue weighted by Gasteiger charge is -2.28. The van der Waals surface area contributed by atoms with E-state index in [-0.39, 0.29) is 16.3 Å². The number of rotatable bonds is 5. The van der Waals surface area contributed by atoms with Crippen LogP contribution in [0.25, 0.3) is 10.1 Å². The fourth-order valence-electron chi connectivity index (χ4n) is 3.12. The van der Waals surface area contributed by atoms with Crippen LogP contribution >= 0.6 is 11.3 Å². The molecule has 3 aromatic rings. The monoisotopic (exact) mass is 424 g/mol. The molecular formula is C18H18F2N4O2S2. The summed E-state index contributed by atoms with van der Waals surface area (Å²) in [6.45, 7) is 2.94. The number of hydrogen-bond acceptors (Lipinski definition) is 6. The summed E-state index contributed by atoms with van der Waals surface area (Å²) < 4.78 is 55.8. The highest BCUT2D eigenvalue weighted by Gasteiger charge is 2.22. The van der Waals surface area contributed by atoms with Crippen LogP contribution < -0.4 is 14.9 Å². The predicted octanol–water partition coefficient (Wildman–Crippen LogP) is 2.46. The van der Waals surface area contributed by atoms with Gasteiger partial charge in [-0.3, -0.25) is 0 Å². The zero-order chi connectivity index (χ0) is 19.7. The van der Waals surface area contributed by atoms with Crippen molar-refractivity contribution in [3.8, 4) is 0 Å². The Morgan fingerprint density at radius 2 is 2.00 bits per heavy atom. The van der Waals surface area contributed by atoms with Crippen molar-refractivity contribution in [2.45, 2.75) is 10.8 Å². The van der Waals surface area contributed by atoms with Crippen LogP contribution in [0.15, 0.2) is 40.7 Å². The SMILES string of the molecule is O=S(=O)(NCc1cccc(F)c1F)c1cc2c(N3CCNCC3)nccc2s1. The lowest BCUT2D eigenvalue weighted by molar-refractivity contribution is 0.496. The van der Waals surface area contributed by atoms with Crippen LogP contribution in [-0.2, 0) is 16.6 Å². The van der Waals surface area contributed by atoms with Crippen molar-refractivity contribution < 1.29 is 17.2 Å². The molecule has 4 rings (SSSR count). The number of nitrogens with zero attached hydrogens (tertiary/aromatic N) is 2. The molecule has 0 aliphatic carbocycles. The van der Waals surface area contributed by atoms with Gasteiger partial charge in [-0.2, -0.15) is 0 Å². The van der Waals surface area contributed by atoms with E-state index in [2.05, 4.69) is 19.9 Å². The molecule has 0 saturated carbocycles. The largest absolute Gasteiger partial charge is 0.354 e. The number of fused-ring (bicyclic) bond motifs is 1. The van der Waals surface area contributed by atoms with Gasteiger partial charge in [0.15, 0.2) is 11.6 Å². The van der Waals surface area contributed by atoms with Crippen LogP contribution in [0.2, 0.25) is 0 Å². The van der Waals surface area contributed by atoms with E-state index in [0.717, 1.165) is 59.5 Å². The van der Waals surface area contributed by atoms with Crippen molar-refractivity contribution in [2.75, 3.05) is 31.1 Å². The minimum absolute atomic E-state index is 0.0483. The molecule has 1 aliphatic heterocycles. The molecule has 1 aromatic carbocycles. The van der Waals surface area contributed by atoms with E-state index in [4.69, 9.17) is 0 Å². The minimum atomic E-state index is -3.88. The Morgan fingerprint density at radius 3 is 2.79 bits per heavy atom. The number of hydrogen-bond donors (Lipinski definition) is 2. The minimum Gasteiger partial charge on any atom is -0.354 e. The molecule has 2 N–H and O–H groups in total. The van der Waals surface area contributed by atoms with Crippen molar-refractivity contribution in [2.24, 2.45) is 0 Å². The van der Waals surface area contributed by atoms with Gasteiger partial charge in [-0.05, 0) is 18.2 Å². The van der Waals surface area contributed by atoms with Gasteiger partial charge >= 0.3 is 0 Å². The summed E-state index contributed by atoms with van der Waals surface area (Å²) in [7, 11) is -3.88. The first kappa shape index (κ1) is 19.2. The van der Waals surface area contributed by atoms with Gasteiger partial charge < -0.3 is 10.2 Å². The predicted molar refractivity (Wildman–Crippen MR) is 105 cm³/mol. The number of sulfonamides is 1. The quantitative estimate of drug-likeness (QED) is 0.658. The van der Waals surface area contributed by atoms with Gasteiger partial charge in [-0.25, -0.2) is 26.9 Å². The first-order valence-corrected chi connectivity index (χ1v) is 11.0. The van der Waals surface area contributed by atoms with E-state index >= 15 is 0 Å². The maximum absolute atomic E-state index is 13.8. The zero-order valence-corrected chi connectivity index (χ0v) is 16.4. The molecule has 1 fully saturated rings. The second-order valence-corrected chi connectivity index (χ2v) is 9.46. The fraction of sp³-hybridized carbons (Fsp3) is 0.278. The number of thiophene rings is 1. The molecule has 0 atom stereocenters. The van der Waals surface area contributed by atoms with Gasteiger partial charge in [0, 0.05) is 54.6 Å². The Bertz CT molecular complexity index is 1110. The Kier molecular flexibility index (Phi) is 5.28. The van der Waals surface area contributed by atoms with Crippen LogP contribution in [0.1, 0.15) is 5.56 Å². The van der Waals surface area contributed by atoms with E-state index in [0.29, 0.717) is 0 Å². The third kappa shape index (κ3) is 3.72. The number of nitrogens with one attached hydrogen (secondary N) is 2. The van der Waals surface area contributed by atoms with Crippen molar-refractivity contribution >= 4 is 37.3 Å². The molecule has 0 amide bonds. The fourth-order valence-corrected chi connectivity index (χ4v) is 5.54. The molecule has 0 spiro atoms. The standard InChI is InChI=1S/C18H18F2N4O2S2/c19-14-3-1-2-12(17(14)20)11-23-28(25,26)16-10-13-15(27-16)4-5-22-18(13)24-8-6-21-7-9-24/h1-5,10,21,23H,6-9,11H2. The van der Waals surface area contributed by atoms with E-state index in [9.17, 15) is 17.2 Å². The Hall–Kier alpha value is -2.14. The maximum Gasteiger partial charge on any atom is 0.250 e. The van der Waals surface area contributed by atoms with Crippen LogP contribution in [0.3, 0.4) is 0 Å². The molecule has 0 radical (unpaired) electrons. The van der Waals surface area contributed by atoms with E-state index in [1.807, 2.05) is 0 Å². The number of anilines is 1. The van der Waals surface area contributed by atoms with E-state index < -0.39 is 21.7 Å². The van der Waals surface area contributed by atoms with Gasteiger partial charge in [-0.15, -0.1) is 11.3 Å². The molecule has 10 heteroatoms. The van der Waals surface area contributed by atoms with Gasteiger partial charge in [0.2, 0.25) is 10.0 Å². The highest BCUT2D eigenvalue weighted by atomic mass is 32.2. The molecular weight excluding hydrogens is 406 g/mol. The second-order valence-electron chi connectivity index (χ2n) is 6.39.